The third-order valence-electron chi connectivity index (χ3n) is 3.30. The molecule has 0 aromatic carbocycles. The van der Waals surface area contributed by atoms with E-state index in [4.69, 9.17) is 0 Å². The Labute approximate surface area is 119 Å². The van der Waals surface area contributed by atoms with Gasteiger partial charge in [0.2, 0.25) is 0 Å². The van der Waals surface area contributed by atoms with E-state index in [1.807, 2.05) is 0 Å². The van der Waals surface area contributed by atoms with Crippen molar-refractivity contribution < 1.29 is 14.7 Å². The van der Waals surface area contributed by atoms with Crippen LogP contribution in [-0.2, 0) is 12.8 Å². The Morgan fingerprint density at radius 3 is 2.70 bits per heavy atom. The van der Waals surface area contributed by atoms with E-state index in [0.717, 1.165) is 29.7 Å². The zero-order valence-electron chi connectivity index (χ0n) is 10.5. The number of pyridine rings is 1. The maximum absolute atomic E-state index is 12.1. The van der Waals surface area contributed by atoms with Crippen molar-refractivity contribution in [1.82, 2.24) is 4.98 Å². The predicted molar refractivity (Wildman–Crippen MR) is 75.5 cm³/mol. The molecule has 0 saturated heterocycles. The number of carbonyl (C=O) groups excluding carboxylic acids is 1. The second-order valence-corrected chi connectivity index (χ2v) is 5.66. The number of amides is 1. The number of rotatable bonds is 3. The zero-order chi connectivity index (χ0) is 14.1. The number of carbonyl (C=O) groups is 2. The van der Waals surface area contributed by atoms with E-state index in [1.165, 1.54) is 23.7 Å². The Balaban J connectivity index is 1.92. The first kappa shape index (κ1) is 12.8. The number of thiophene rings is 1. The van der Waals surface area contributed by atoms with Gasteiger partial charge in [0, 0.05) is 22.8 Å². The molecule has 2 aromatic heterocycles. The summed E-state index contributed by atoms with van der Waals surface area (Å²) in [5.41, 5.74) is 1.60. The van der Waals surface area contributed by atoms with Gasteiger partial charge in [0.25, 0.3) is 5.91 Å². The molecule has 2 heterocycles. The fourth-order valence-electron chi connectivity index (χ4n) is 2.40. The molecule has 0 saturated carbocycles. The first-order chi connectivity index (χ1) is 9.66. The highest BCUT2D eigenvalue weighted by Gasteiger charge is 2.27. The molecule has 1 aliphatic carbocycles. The van der Waals surface area contributed by atoms with E-state index in [0.29, 0.717) is 10.6 Å². The number of nitrogens with one attached hydrogen (secondary N) is 1. The lowest BCUT2D eigenvalue weighted by Crippen LogP contribution is -2.13. The number of carboxylic acids is 1. The van der Waals surface area contributed by atoms with Crippen molar-refractivity contribution in [2.75, 3.05) is 5.32 Å². The van der Waals surface area contributed by atoms with Crippen LogP contribution in [0.4, 0.5) is 5.00 Å². The molecule has 0 bridgehead atoms. The number of fused-ring (bicyclic) bond motifs is 1. The Hall–Kier alpha value is -2.21. The number of aromatic nitrogens is 1. The minimum absolute atomic E-state index is 0.255. The Bertz CT molecular complexity index is 679. The topological polar surface area (TPSA) is 79.3 Å². The summed E-state index contributed by atoms with van der Waals surface area (Å²) in [6.07, 6.45) is 5.72. The van der Waals surface area contributed by atoms with E-state index in [1.54, 1.807) is 12.1 Å². The van der Waals surface area contributed by atoms with Crippen molar-refractivity contribution in [3.8, 4) is 0 Å². The molecule has 0 unspecified atom stereocenters. The van der Waals surface area contributed by atoms with Crippen LogP contribution in [-0.4, -0.2) is 22.0 Å². The molecule has 0 aliphatic heterocycles. The van der Waals surface area contributed by atoms with Crippen LogP contribution >= 0.6 is 11.3 Å². The highest BCUT2D eigenvalue weighted by Crippen LogP contribution is 2.39. The van der Waals surface area contributed by atoms with Crippen LogP contribution in [0.3, 0.4) is 0 Å². The van der Waals surface area contributed by atoms with Gasteiger partial charge in [0.15, 0.2) is 0 Å². The lowest BCUT2D eigenvalue weighted by Gasteiger charge is -2.05. The number of hydrogen-bond acceptors (Lipinski definition) is 4. The van der Waals surface area contributed by atoms with Crippen molar-refractivity contribution in [2.24, 2.45) is 0 Å². The smallest absolute Gasteiger partial charge is 0.339 e. The molecule has 0 spiro atoms. The number of aromatic carboxylic acids is 1. The van der Waals surface area contributed by atoms with Gasteiger partial charge in [0.1, 0.15) is 5.00 Å². The molecule has 1 aliphatic rings. The summed E-state index contributed by atoms with van der Waals surface area (Å²) in [6, 6.07) is 3.19. The van der Waals surface area contributed by atoms with Gasteiger partial charge in [-0.25, -0.2) is 4.79 Å². The largest absolute Gasteiger partial charge is 0.478 e. The fraction of sp³-hybridized carbons (Fsp3) is 0.214. The van der Waals surface area contributed by atoms with E-state index in [2.05, 4.69) is 10.3 Å². The lowest BCUT2D eigenvalue weighted by atomic mass is 10.1. The normalized spacial score (nSPS) is 13.0. The third-order valence-corrected chi connectivity index (χ3v) is 4.51. The van der Waals surface area contributed by atoms with Gasteiger partial charge in [-0.2, -0.15) is 0 Å². The van der Waals surface area contributed by atoms with Crippen molar-refractivity contribution in [2.45, 2.75) is 19.3 Å². The summed E-state index contributed by atoms with van der Waals surface area (Å²) < 4.78 is 0. The number of aryl methyl sites for hydroxylation is 1. The van der Waals surface area contributed by atoms with Gasteiger partial charge in [-0.05, 0) is 37.0 Å². The molecular formula is C14H12N2O3S. The zero-order valence-corrected chi connectivity index (χ0v) is 11.4. The minimum Gasteiger partial charge on any atom is -0.478 e. The molecule has 6 heteroatoms. The van der Waals surface area contributed by atoms with Gasteiger partial charge in [-0.3, -0.25) is 9.78 Å². The van der Waals surface area contributed by atoms with Crippen molar-refractivity contribution in [1.29, 1.82) is 0 Å². The van der Waals surface area contributed by atoms with Gasteiger partial charge >= 0.3 is 5.97 Å². The van der Waals surface area contributed by atoms with E-state index >= 15 is 0 Å². The SMILES string of the molecule is O=C(Nc1sc2c(c1C(=O)O)CCC2)c1ccncc1. The first-order valence-electron chi connectivity index (χ1n) is 6.26. The van der Waals surface area contributed by atoms with Crippen LogP contribution in [0.5, 0.6) is 0 Å². The molecule has 20 heavy (non-hydrogen) atoms. The number of nitrogens with zero attached hydrogens (tertiary/aromatic N) is 1. The second kappa shape index (κ2) is 5.05. The third kappa shape index (κ3) is 2.18. The molecule has 3 rings (SSSR count). The van der Waals surface area contributed by atoms with Crippen molar-refractivity contribution in [3.63, 3.8) is 0 Å². The van der Waals surface area contributed by atoms with Gasteiger partial charge < -0.3 is 10.4 Å². The number of carboxylic acid groups (broad SMARTS) is 1. The van der Waals surface area contributed by atoms with Crippen LogP contribution in [0.15, 0.2) is 24.5 Å². The summed E-state index contributed by atoms with van der Waals surface area (Å²) in [4.78, 5) is 28.4. The quantitative estimate of drug-likeness (QED) is 0.909. The summed E-state index contributed by atoms with van der Waals surface area (Å²) in [5, 5.41) is 12.5. The molecular weight excluding hydrogens is 276 g/mol. The first-order valence-corrected chi connectivity index (χ1v) is 7.07. The second-order valence-electron chi connectivity index (χ2n) is 4.56. The molecule has 1 amide bonds. The Morgan fingerprint density at radius 2 is 2.00 bits per heavy atom. The average molecular weight is 288 g/mol. The molecule has 0 radical (unpaired) electrons. The van der Waals surface area contributed by atoms with Crippen LogP contribution in [0.2, 0.25) is 0 Å². The Morgan fingerprint density at radius 1 is 1.25 bits per heavy atom. The highest BCUT2D eigenvalue weighted by molar-refractivity contribution is 7.17. The fourth-order valence-corrected chi connectivity index (χ4v) is 3.67. The standard InChI is InChI=1S/C14H12N2O3S/c17-12(8-4-6-15-7-5-8)16-13-11(14(18)19)9-2-1-3-10(9)20-13/h4-7H,1-3H2,(H,16,17)(H,18,19). The summed E-state index contributed by atoms with van der Waals surface area (Å²) in [5.74, 6) is -1.29. The van der Waals surface area contributed by atoms with E-state index < -0.39 is 5.97 Å². The van der Waals surface area contributed by atoms with E-state index in [-0.39, 0.29) is 11.5 Å². The van der Waals surface area contributed by atoms with Crippen LogP contribution in [0.25, 0.3) is 0 Å². The average Bonchev–Trinajstić information content (AvgIpc) is 2.99. The predicted octanol–water partition coefficient (Wildman–Crippen LogP) is 2.58. The van der Waals surface area contributed by atoms with E-state index in [9.17, 15) is 14.7 Å². The van der Waals surface area contributed by atoms with Gasteiger partial charge in [-0.1, -0.05) is 0 Å². The molecule has 2 aromatic rings. The summed E-state index contributed by atoms with van der Waals surface area (Å²) >= 11 is 1.37. The van der Waals surface area contributed by atoms with Gasteiger partial charge in [-0.15, -0.1) is 11.3 Å². The monoisotopic (exact) mass is 288 g/mol. The Kier molecular flexibility index (Phi) is 3.23. The molecule has 5 nitrogen and oxygen atoms in total. The van der Waals surface area contributed by atoms with Crippen LogP contribution in [0, 0.1) is 0 Å². The van der Waals surface area contributed by atoms with Crippen molar-refractivity contribution in [3.05, 3.63) is 46.1 Å². The van der Waals surface area contributed by atoms with Gasteiger partial charge in [0.05, 0.1) is 5.56 Å². The molecule has 2 N–H and O–H groups in total. The summed E-state index contributed by atoms with van der Waals surface area (Å²) in [6.45, 7) is 0. The maximum atomic E-state index is 12.1. The molecule has 0 atom stereocenters. The highest BCUT2D eigenvalue weighted by atomic mass is 32.1. The lowest BCUT2D eigenvalue weighted by molar-refractivity contribution is 0.0697. The maximum Gasteiger partial charge on any atom is 0.339 e. The van der Waals surface area contributed by atoms with Crippen molar-refractivity contribution >= 4 is 28.2 Å². The summed E-state index contributed by atoms with van der Waals surface area (Å²) in [7, 11) is 0. The van der Waals surface area contributed by atoms with Crippen LogP contribution < -0.4 is 5.32 Å². The molecule has 102 valence electrons. The number of anilines is 1. The number of hydrogen-bond donors (Lipinski definition) is 2. The van der Waals surface area contributed by atoms with Crippen LogP contribution in [0.1, 0.15) is 37.6 Å². The minimum atomic E-state index is -0.977. The molecule has 0 fully saturated rings.